The van der Waals surface area contributed by atoms with E-state index < -0.39 is 11.9 Å². The van der Waals surface area contributed by atoms with E-state index in [0.717, 1.165) is 0 Å². The van der Waals surface area contributed by atoms with Gasteiger partial charge in [0.1, 0.15) is 0 Å². The van der Waals surface area contributed by atoms with E-state index >= 15 is 0 Å². The Bertz CT molecular complexity index is 87.5. The Morgan fingerprint density at radius 1 is 1.12 bits per heavy atom. The van der Waals surface area contributed by atoms with Crippen LogP contribution in [0, 0.1) is 0 Å². The molecule has 0 saturated heterocycles. The third kappa shape index (κ3) is 9.17. The topological polar surface area (TPSA) is 43.4 Å². The first-order valence-corrected chi connectivity index (χ1v) is 1.82. The van der Waals surface area contributed by atoms with Crippen molar-refractivity contribution in [1.82, 2.24) is 0 Å². The van der Waals surface area contributed by atoms with Crippen LogP contribution in [0.4, 0.5) is 0 Å². The van der Waals surface area contributed by atoms with Crippen LogP contribution in [0.2, 0.25) is 0 Å². The van der Waals surface area contributed by atoms with Gasteiger partial charge in [-0.25, -0.2) is 0 Å². The Morgan fingerprint density at radius 3 is 1.38 bits per heavy atom. The van der Waals surface area contributed by atoms with Crippen molar-refractivity contribution in [2.45, 2.75) is 13.8 Å². The quantitative estimate of drug-likeness (QED) is 0.373. The van der Waals surface area contributed by atoms with Crippen LogP contribution in [0.15, 0.2) is 0 Å². The second-order valence-electron chi connectivity index (χ2n) is 1.09. The minimum atomic E-state index is -0.562. The molecule has 0 atom stereocenters. The van der Waals surface area contributed by atoms with E-state index in [1.807, 2.05) is 0 Å². The van der Waals surface area contributed by atoms with Crippen molar-refractivity contribution in [1.29, 1.82) is 0 Å². The molecule has 46 valence electrons. The van der Waals surface area contributed by atoms with Gasteiger partial charge in [-0.1, -0.05) is 0 Å². The Hall–Kier alpha value is -0.354. The van der Waals surface area contributed by atoms with Crippen LogP contribution in [0.3, 0.4) is 0 Å². The van der Waals surface area contributed by atoms with Crippen molar-refractivity contribution in [2.75, 3.05) is 0 Å². The van der Waals surface area contributed by atoms with Crippen LogP contribution in [-0.2, 0) is 31.1 Å². The van der Waals surface area contributed by atoms with Gasteiger partial charge in [0, 0.05) is 13.8 Å². The SMILES string of the molecule is CC(=O)OC(C)=O.[Co+3]. The van der Waals surface area contributed by atoms with E-state index in [4.69, 9.17) is 0 Å². The third-order valence-corrected chi connectivity index (χ3v) is 0.287. The van der Waals surface area contributed by atoms with Crippen molar-refractivity contribution in [2.24, 2.45) is 0 Å². The first kappa shape index (κ1) is 10.6. The van der Waals surface area contributed by atoms with Crippen LogP contribution < -0.4 is 0 Å². The zero-order chi connectivity index (χ0) is 5.86. The van der Waals surface area contributed by atoms with Crippen molar-refractivity contribution < 1.29 is 31.1 Å². The normalized spacial score (nSPS) is 6.75. The number of ether oxygens (including phenoxy) is 1. The molecule has 0 rings (SSSR count). The molecule has 0 N–H and O–H groups in total. The van der Waals surface area contributed by atoms with Gasteiger partial charge in [-0.3, -0.25) is 9.59 Å². The van der Waals surface area contributed by atoms with Gasteiger partial charge in [0.2, 0.25) is 0 Å². The molecule has 0 aromatic carbocycles. The molecule has 0 aromatic heterocycles. The minimum Gasteiger partial charge on any atom is -0.394 e. The molecule has 0 unspecified atom stereocenters. The molecule has 4 heteroatoms. The summed E-state index contributed by atoms with van der Waals surface area (Å²) in [5.74, 6) is -1.12. The molecular weight excluding hydrogens is 155 g/mol. The molecule has 0 heterocycles. The zero-order valence-electron chi connectivity index (χ0n) is 4.56. The maximum atomic E-state index is 9.81. The Kier molecular flexibility index (Phi) is 6.35. The van der Waals surface area contributed by atoms with E-state index in [2.05, 4.69) is 4.74 Å². The summed E-state index contributed by atoms with van der Waals surface area (Å²) in [4.78, 5) is 19.6. The monoisotopic (exact) mass is 161 g/mol. The van der Waals surface area contributed by atoms with E-state index in [1.165, 1.54) is 13.8 Å². The predicted molar refractivity (Wildman–Crippen MR) is 22.4 cm³/mol. The summed E-state index contributed by atoms with van der Waals surface area (Å²) in [6.07, 6.45) is 0. The largest absolute Gasteiger partial charge is 3.00 e. The first-order valence-electron chi connectivity index (χ1n) is 1.82. The van der Waals surface area contributed by atoms with E-state index in [0.29, 0.717) is 0 Å². The fourth-order valence-corrected chi connectivity index (χ4v) is 0.202. The van der Waals surface area contributed by atoms with E-state index in [9.17, 15) is 9.59 Å². The number of carbonyl (C=O) groups excluding carboxylic acids is 2. The van der Waals surface area contributed by atoms with E-state index in [1.54, 1.807) is 0 Å². The molecule has 8 heavy (non-hydrogen) atoms. The van der Waals surface area contributed by atoms with Gasteiger partial charge in [0.15, 0.2) is 0 Å². The molecule has 3 nitrogen and oxygen atoms in total. The standard InChI is InChI=1S/C4H6O3.Co/c1-3(5)7-4(2)6;/h1-2H3;/q;+3. The number of esters is 2. The van der Waals surface area contributed by atoms with Gasteiger partial charge in [0.05, 0.1) is 0 Å². The number of carbonyl (C=O) groups is 2. The summed E-state index contributed by atoms with van der Waals surface area (Å²) in [7, 11) is 0. The van der Waals surface area contributed by atoms with Crippen molar-refractivity contribution in [3.63, 3.8) is 0 Å². The molecule has 0 bridgehead atoms. The second kappa shape index (κ2) is 4.80. The van der Waals surface area contributed by atoms with Gasteiger partial charge in [-0.05, 0) is 0 Å². The molecule has 0 amide bonds. The van der Waals surface area contributed by atoms with Crippen LogP contribution >= 0.6 is 0 Å². The first-order chi connectivity index (χ1) is 3.13. The molecule has 0 aliphatic carbocycles. The van der Waals surface area contributed by atoms with E-state index in [-0.39, 0.29) is 16.8 Å². The number of hydrogen-bond donors (Lipinski definition) is 0. The van der Waals surface area contributed by atoms with Crippen molar-refractivity contribution in [3.8, 4) is 0 Å². The zero-order valence-corrected chi connectivity index (χ0v) is 5.60. The van der Waals surface area contributed by atoms with Crippen LogP contribution in [0.5, 0.6) is 0 Å². The minimum absolute atomic E-state index is 0. The fraction of sp³-hybridized carbons (Fsp3) is 0.500. The van der Waals surface area contributed by atoms with Gasteiger partial charge in [0.25, 0.3) is 0 Å². The molecule has 0 spiro atoms. The van der Waals surface area contributed by atoms with Gasteiger partial charge in [-0.15, -0.1) is 0 Å². The fourth-order valence-electron chi connectivity index (χ4n) is 0.202. The second-order valence-corrected chi connectivity index (χ2v) is 1.09. The summed E-state index contributed by atoms with van der Waals surface area (Å²) in [6.45, 7) is 2.36. The average molecular weight is 161 g/mol. The molecule has 0 fully saturated rings. The molecular formula is C4H6CoO3+3. The van der Waals surface area contributed by atoms with Crippen LogP contribution in [0.25, 0.3) is 0 Å². The molecule has 0 radical (unpaired) electrons. The van der Waals surface area contributed by atoms with Gasteiger partial charge < -0.3 is 4.74 Å². The molecule has 0 aromatic rings. The average Bonchev–Trinajstić information content (AvgIpc) is 1.27. The summed E-state index contributed by atoms with van der Waals surface area (Å²) in [5.41, 5.74) is 0. The van der Waals surface area contributed by atoms with Crippen LogP contribution in [0.1, 0.15) is 13.8 Å². The third-order valence-electron chi connectivity index (χ3n) is 0.287. The number of hydrogen-bond acceptors (Lipinski definition) is 3. The van der Waals surface area contributed by atoms with Crippen molar-refractivity contribution in [3.05, 3.63) is 0 Å². The number of rotatable bonds is 0. The van der Waals surface area contributed by atoms with Gasteiger partial charge >= 0.3 is 28.7 Å². The van der Waals surface area contributed by atoms with Crippen molar-refractivity contribution >= 4 is 11.9 Å². The molecule has 0 saturated carbocycles. The van der Waals surface area contributed by atoms with Crippen LogP contribution in [-0.4, -0.2) is 11.9 Å². The summed E-state index contributed by atoms with van der Waals surface area (Å²) >= 11 is 0. The molecule has 0 aliphatic rings. The summed E-state index contributed by atoms with van der Waals surface area (Å²) in [5, 5.41) is 0. The summed E-state index contributed by atoms with van der Waals surface area (Å²) in [6, 6.07) is 0. The Balaban J connectivity index is 0. The summed E-state index contributed by atoms with van der Waals surface area (Å²) < 4.78 is 3.97. The smallest absolute Gasteiger partial charge is 0.394 e. The maximum absolute atomic E-state index is 9.81. The van der Waals surface area contributed by atoms with Gasteiger partial charge in [-0.2, -0.15) is 0 Å². The molecule has 0 aliphatic heterocycles. The Morgan fingerprint density at radius 2 is 1.38 bits per heavy atom. The Labute approximate surface area is 57.6 Å². The maximum Gasteiger partial charge on any atom is 3.00 e. The predicted octanol–water partition coefficient (Wildman–Crippen LogP) is 0.0935.